The maximum Gasteiger partial charge on any atom is 0.303 e. The first-order valence-electron chi connectivity index (χ1n) is 8.74. The summed E-state index contributed by atoms with van der Waals surface area (Å²) < 4.78 is 11.0. The van der Waals surface area contributed by atoms with Crippen molar-refractivity contribution in [2.75, 3.05) is 0 Å². The zero-order valence-corrected chi connectivity index (χ0v) is 15.6. The summed E-state index contributed by atoms with van der Waals surface area (Å²) >= 11 is 0. The molecule has 0 radical (unpaired) electrons. The molecule has 0 spiro atoms. The number of fused-ring (bicyclic) bond motifs is 1. The van der Waals surface area contributed by atoms with Crippen LogP contribution in [0, 0.1) is 17.3 Å². The molecule has 0 saturated heterocycles. The fourth-order valence-corrected chi connectivity index (χ4v) is 4.42. The summed E-state index contributed by atoms with van der Waals surface area (Å²) in [5.74, 6) is -0.524. The first kappa shape index (κ1) is 19.0. The molecule has 0 bridgehead atoms. The number of carbonyl (C=O) groups excluding carboxylic acids is 2. The molecule has 0 aliphatic heterocycles. The molecule has 0 heterocycles. The predicted molar refractivity (Wildman–Crippen MR) is 90.1 cm³/mol. The number of ether oxygens (including phenoxy) is 2. The van der Waals surface area contributed by atoms with E-state index in [9.17, 15) is 14.7 Å². The lowest BCUT2D eigenvalue weighted by molar-refractivity contribution is -0.228. The molecule has 2 aliphatic carbocycles. The van der Waals surface area contributed by atoms with E-state index in [-0.39, 0.29) is 23.4 Å². The second kappa shape index (κ2) is 6.51. The van der Waals surface area contributed by atoms with Crippen LogP contribution in [0.5, 0.6) is 0 Å². The summed E-state index contributed by atoms with van der Waals surface area (Å²) in [6.45, 7) is 10.8. The molecule has 5 heteroatoms. The lowest BCUT2D eigenvalue weighted by Crippen LogP contribution is -2.64. The number of aliphatic hydroxyl groups is 1. The van der Waals surface area contributed by atoms with Crippen LogP contribution in [0.3, 0.4) is 0 Å². The molecule has 136 valence electrons. The molecule has 24 heavy (non-hydrogen) atoms. The van der Waals surface area contributed by atoms with Crippen molar-refractivity contribution >= 4 is 11.9 Å². The third-order valence-corrected chi connectivity index (χ3v) is 5.92. The van der Waals surface area contributed by atoms with Crippen molar-refractivity contribution in [3.05, 3.63) is 11.6 Å². The zero-order chi connectivity index (χ0) is 18.3. The van der Waals surface area contributed by atoms with E-state index in [2.05, 4.69) is 26.8 Å². The molecule has 0 aromatic heterocycles. The molecule has 0 amide bonds. The minimum absolute atomic E-state index is 0.144. The van der Waals surface area contributed by atoms with Crippen LogP contribution in [-0.4, -0.2) is 34.9 Å². The highest BCUT2D eigenvalue weighted by molar-refractivity contribution is 5.67. The molecule has 2 aliphatic rings. The van der Waals surface area contributed by atoms with Gasteiger partial charge in [-0.2, -0.15) is 0 Å². The van der Waals surface area contributed by atoms with Crippen molar-refractivity contribution < 1.29 is 24.2 Å². The van der Waals surface area contributed by atoms with E-state index in [0.717, 1.165) is 12.8 Å². The van der Waals surface area contributed by atoms with Crippen LogP contribution in [0.1, 0.15) is 60.8 Å². The Hall–Kier alpha value is -1.36. The van der Waals surface area contributed by atoms with Gasteiger partial charge >= 0.3 is 11.9 Å². The number of rotatable bonds is 3. The highest BCUT2D eigenvalue weighted by atomic mass is 16.6. The Bertz CT molecular complexity index is 548. The number of esters is 2. The van der Waals surface area contributed by atoms with E-state index < -0.39 is 17.7 Å². The van der Waals surface area contributed by atoms with E-state index in [0.29, 0.717) is 12.3 Å². The Balaban J connectivity index is 2.43. The predicted octanol–water partition coefficient (Wildman–Crippen LogP) is 3.00. The Labute approximate surface area is 144 Å². The zero-order valence-electron chi connectivity index (χ0n) is 15.6. The molecule has 0 aromatic carbocycles. The smallest absolute Gasteiger partial charge is 0.303 e. The number of allylic oxidation sites excluding steroid dienone is 2. The van der Waals surface area contributed by atoms with E-state index in [1.54, 1.807) is 6.92 Å². The van der Waals surface area contributed by atoms with Gasteiger partial charge in [0.15, 0.2) is 0 Å². The molecule has 1 N–H and O–H groups in total. The molecular weight excluding hydrogens is 308 g/mol. The van der Waals surface area contributed by atoms with Crippen molar-refractivity contribution in [1.82, 2.24) is 0 Å². The second-order valence-corrected chi connectivity index (χ2v) is 8.06. The summed E-state index contributed by atoms with van der Waals surface area (Å²) in [4.78, 5) is 23.1. The molecule has 1 fully saturated rings. The molecule has 1 saturated carbocycles. The third-order valence-electron chi connectivity index (χ3n) is 5.92. The monoisotopic (exact) mass is 338 g/mol. The van der Waals surface area contributed by atoms with Crippen molar-refractivity contribution in [1.29, 1.82) is 0 Å². The average Bonchev–Trinajstić information content (AvgIpc) is 2.43. The lowest BCUT2D eigenvalue weighted by Gasteiger charge is -2.57. The van der Waals surface area contributed by atoms with Gasteiger partial charge in [-0.15, -0.1) is 0 Å². The number of carbonyl (C=O) groups is 2. The van der Waals surface area contributed by atoms with E-state index in [1.165, 1.54) is 19.4 Å². The molecular formula is C19H30O5. The van der Waals surface area contributed by atoms with E-state index >= 15 is 0 Å². The summed E-state index contributed by atoms with van der Waals surface area (Å²) in [5, 5.41) is 11.3. The SMILES string of the molecule is CC(=O)OC1CC(OC(C)=O)C2(C)CC=C(C(C)C)CC2C1(C)O. The first-order valence-corrected chi connectivity index (χ1v) is 8.74. The van der Waals surface area contributed by atoms with Gasteiger partial charge in [-0.05, 0) is 25.7 Å². The molecule has 0 aromatic rings. The topological polar surface area (TPSA) is 72.8 Å². The maximum atomic E-state index is 11.6. The number of hydrogen-bond donors (Lipinski definition) is 1. The van der Waals surface area contributed by atoms with Crippen molar-refractivity contribution in [3.8, 4) is 0 Å². The lowest BCUT2D eigenvalue weighted by atomic mass is 9.53. The molecule has 2 rings (SSSR count). The van der Waals surface area contributed by atoms with Crippen LogP contribution in [-0.2, 0) is 19.1 Å². The van der Waals surface area contributed by atoms with Crippen molar-refractivity contribution in [2.24, 2.45) is 17.3 Å². The van der Waals surface area contributed by atoms with Crippen LogP contribution in [0.2, 0.25) is 0 Å². The fraction of sp³-hybridized carbons (Fsp3) is 0.789. The van der Waals surface area contributed by atoms with Crippen molar-refractivity contribution in [2.45, 2.75) is 78.6 Å². The minimum Gasteiger partial charge on any atom is -0.462 e. The average molecular weight is 338 g/mol. The Morgan fingerprint density at radius 2 is 1.71 bits per heavy atom. The van der Waals surface area contributed by atoms with E-state index in [4.69, 9.17) is 9.47 Å². The highest BCUT2D eigenvalue weighted by Gasteiger charge is 2.60. The van der Waals surface area contributed by atoms with Gasteiger partial charge in [-0.3, -0.25) is 9.59 Å². The summed E-state index contributed by atoms with van der Waals surface area (Å²) in [6.07, 6.45) is 2.95. The van der Waals surface area contributed by atoms with Crippen LogP contribution in [0.4, 0.5) is 0 Å². The third kappa shape index (κ3) is 3.37. The van der Waals surface area contributed by atoms with Crippen LogP contribution in [0.25, 0.3) is 0 Å². The first-order chi connectivity index (χ1) is 11.0. The van der Waals surface area contributed by atoms with Crippen molar-refractivity contribution in [3.63, 3.8) is 0 Å². The normalized spacial score (nSPS) is 39.0. The minimum atomic E-state index is -1.16. The van der Waals surface area contributed by atoms with Gasteiger partial charge in [0.2, 0.25) is 0 Å². The van der Waals surface area contributed by atoms with Crippen LogP contribution in [0.15, 0.2) is 11.6 Å². The highest BCUT2D eigenvalue weighted by Crippen LogP contribution is 2.56. The second-order valence-electron chi connectivity index (χ2n) is 8.06. The Morgan fingerprint density at radius 1 is 1.17 bits per heavy atom. The Kier molecular flexibility index (Phi) is 5.14. The standard InChI is InChI=1S/C19H30O5/c1-11(2)14-7-8-18(5)15(9-14)19(6,22)17(24-13(4)21)10-16(18)23-12(3)20/h7,11,15-17,22H,8-10H2,1-6H3. The van der Waals surface area contributed by atoms with Gasteiger partial charge in [0.05, 0.1) is 0 Å². The Morgan fingerprint density at radius 3 is 2.21 bits per heavy atom. The summed E-state index contributed by atoms with van der Waals surface area (Å²) in [6, 6.07) is 0. The van der Waals surface area contributed by atoms with Crippen LogP contribution < -0.4 is 0 Å². The van der Waals surface area contributed by atoms with Gasteiger partial charge in [0.1, 0.15) is 17.8 Å². The van der Waals surface area contributed by atoms with Crippen LogP contribution >= 0.6 is 0 Å². The summed E-state index contributed by atoms with van der Waals surface area (Å²) in [5.41, 5.74) is -0.238. The molecule has 5 nitrogen and oxygen atoms in total. The van der Waals surface area contributed by atoms with Gasteiger partial charge in [-0.1, -0.05) is 32.4 Å². The quantitative estimate of drug-likeness (QED) is 0.632. The fourth-order valence-electron chi connectivity index (χ4n) is 4.42. The number of hydrogen-bond acceptors (Lipinski definition) is 5. The summed E-state index contributed by atoms with van der Waals surface area (Å²) in [7, 11) is 0. The largest absolute Gasteiger partial charge is 0.462 e. The molecule has 5 atom stereocenters. The van der Waals surface area contributed by atoms with Gasteiger partial charge < -0.3 is 14.6 Å². The van der Waals surface area contributed by atoms with Gasteiger partial charge in [0.25, 0.3) is 0 Å². The molecule has 5 unspecified atom stereocenters. The van der Waals surface area contributed by atoms with Gasteiger partial charge in [-0.25, -0.2) is 0 Å². The van der Waals surface area contributed by atoms with Gasteiger partial charge in [0, 0.05) is 31.6 Å². The maximum absolute atomic E-state index is 11.6. The van der Waals surface area contributed by atoms with E-state index in [1.807, 2.05) is 0 Å².